The van der Waals surface area contributed by atoms with Crippen molar-refractivity contribution in [1.29, 1.82) is 0 Å². The Labute approximate surface area is 200 Å². The van der Waals surface area contributed by atoms with Crippen LogP contribution in [-0.2, 0) is 22.7 Å². The van der Waals surface area contributed by atoms with Gasteiger partial charge in [-0.1, -0.05) is 17.7 Å². The number of amides is 1. The van der Waals surface area contributed by atoms with E-state index in [1.54, 1.807) is 4.90 Å². The van der Waals surface area contributed by atoms with Crippen LogP contribution in [0.3, 0.4) is 0 Å². The molecule has 4 rings (SSSR count). The van der Waals surface area contributed by atoms with E-state index in [-0.39, 0.29) is 22.4 Å². The number of aromatic nitrogens is 2. The van der Waals surface area contributed by atoms with Crippen molar-refractivity contribution in [3.05, 3.63) is 46.6 Å². The van der Waals surface area contributed by atoms with Gasteiger partial charge in [0.25, 0.3) is 0 Å². The fourth-order valence-electron chi connectivity index (χ4n) is 4.85. The first kappa shape index (κ1) is 24.8. The molecule has 0 radical (unpaired) electrons. The molecule has 0 aliphatic carbocycles. The van der Waals surface area contributed by atoms with E-state index < -0.39 is 21.8 Å². The molecule has 0 unspecified atom stereocenters. The lowest BCUT2D eigenvalue weighted by Gasteiger charge is -2.45. The minimum atomic E-state index is -4.49. The molecule has 2 saturated heterocycles. The number of carbonyl (C=O) groups excluding carboxylic acids is 1. The number of anilines is 1. The molecule has 34 heavy (non-hydrogen) atoms. The van der Waals surface area contributed by atoms with E-state index in [1.807, 2.05) is 0 Å². The molecule has 186 valence electrons. The van der Waals surface area contributed by atoms with Crippen LogP contribution in [0.25, 0.3) is 0 Å². The molecule has 13 heteroatoms. The summed E-state index contributed by atoms with van der Waals surface area (Å²) >= 11 is 5.90. The van der Waals surface area contributed by atoms with E-state index in [9.17, 15) is 26.4 Å². The van der Waals surface area contributed by atoms with Crippen LogP contribution in [0.5, 0.6) is 0 Å². The van der Waals surface area contributed by atoms with E-state index in [2.05, 4.69) is 14.7 Å². The number of rotatable bonds is 4. The van der Waals surface area contributed by atoms with Gasteiger partial charge in [-0.05, 0) is 49.9 Å². The van der Waals surface area contributed by atoms with Crippen molar-refractivity contribution in [2.45, 2.75) is 43.9 Å². The molecule has 2 aliphatic heterocycles. The van der Waals surface area contributed by atoms with Gasteiger partial charge in [0, 0.05) is 37.4 Å². The third kappa shape index (κ3) is 5.33. The zero-order valence-electron chi connectivity index (χ0n) is 18.5. The summed E-state index contributed by atoms with van der Waals surface area (Å²) < 4.78 is 65.1. The number of piperidine rings is 1. The van der Waals surface area contributed by atoms with Gasteiger partial charge in [-0.2, -0.15) is 17.9 Å². The molecule has 2 aromatic rings. The number of sulfonamides is 1. The smallest absolute Gasteiger partial charge is 0.323 e. The summed E-state index contributed by atoms with van der Waals surface area (Å²) in [6.07, 6.45) is 1.31. The summed E-state index contributed by atoms with van der Waals surface area (Å²) in [6, 6.07) is 4.96. The van der Waals surface area contributed by atoms with Crippen molar-refractivity contribution in [2.24, 2.45) is 0 Å². The Morgan fingerprint density at radius 1 is 1.18 bits per heavy atom. The van der Waals surface area contributed by atoms with Crippen LogP contribution in [0, 0.1) is 0 Å². The quantitative estimate of drug-likeness (QED) is 0.659. The lowest BCUT2D eigenvalue weighted by Crippen LogP contribution is -2.53. The number of likely N-dealkylation sites (tertiary alicyclic amines) is 2. The van der Waals surface area contributed by atoms with Crippen LogP contribution in [0.1, 0.15) is 36.8 Å². The largest absolute Gasteiger partial charge is 0.417 e. The third-order valence-corrected chi connectivity index (χ3v) is 7.39. The lowest BCUT2D eigenvalue weighted by molar-refractivity contribution is -0.137. The van der Waals surface area contributed by atoms with E-state index in [4.69, 9.17) is 11.6 Å². The third-order valence-electron chi connectivity index (χ3n) is 6.49. The van der Waals surface area contributed by atoms with E-state index in [1.165, 1.54) is 24.4 Å². The molecule has 0 atom stereocenters. The van der Waals surface area contributed by atoms with Gasteiger partial charge in [0.15, 0.2) is 5.82 Å². The highest BCUT2D eigenvalue weighted by molar-refractivity contribution is 7.92. The minimum Gasteiger partial charge on any atom is -0.323 e. The second-order valence-electron chi connectivity index (χ2n) is 8.85. The lowest BCUT2D eigenvalue weighted by atomic mass is 9.84. The molecule has 8 nitrogen and oxygen atoms in total. The topological polar surface area (TPSA) is 87.5 Å². The number of hydrogen-bond donors (Lipinski definition) is 1. The second kappa shape index (κ2) is 9.04. The molecule has 1 aromatic heterocycles. The summed E-state index contributed by atoms with van der Waals surface area (Å²) in [5, 5.41) is 3.69. The Morgan fingerprint density at radius 2 is 1.88 bits per heavy atom. The zero-order chi connectivity index (χ0) is 24.7. The number of nitrogens with one attached hydrogen (secondary N) is 1. The molecule has 1 aromatic carbocycles. The molecule has 0 bridgehead atoms. The molecular weight excluding hydrogens is 495 g/mol. The fraction of sp³-hybridized carbons (Fsp3) is 0.524. The van der Waals surface area contributed by atoms with Gasteiger partial charge in [0.1, 0.15) is 0 Å². The molecular formula is C21H25ClF3N5O3S. The van der Waals surface area contributed by atoms with Gasteiger partial charge in [-0.15, -0.1) is 5.10 Å². The standard InChI is InChI=1S/C21H25ClF3N5O3S/c1-34(32,33)27-18-5-10-30(26-18)19(31)28-11-7-20(8-12-28)6-2-9-29(20)14-15-3-4-16(17(22)13-15)21(23,24)25/h3-5,10,13H,2,6-9,11-12,14H2,1H3,(H,26,27). The fourth-order valence-corrected chi connectivity index (χ4v) is 5.65. The van der Waals surface area contributed by atoms with Crippen molar-refractivity contribution in [3.8, 4) is 0 Å². The Morgan fingerprint density at radius 3 is 2.50 bits per heavy atom. The molecule has 1 amide bonds. The van der Waals surface area contributed by atoms with E-state index in [0.717, 1.165) is 54.8 Å². The number of halogens is 4. The minimum absolute atomic E-state index is 0.0708. The summed E-state index contributed by atoms with van der Waals surface area (Å²) in [5.41, 5.74) is -0.242. The van der Waals surface area contributed by atoms with Crippen LogP contribution >= 0.6 is 11.6 Å². The van der Waals surface area contributed by atoms with Gasteiger partial charge in [0.2, 0.25) is 10.0 Å². The maximum Gasteiger partial charge on any atom is 0.417 e. The molecule has 3 heterocycles. The van der Waals surface area contributed by atoms with Gasteiger partial charge in [0.05, 0.1) is 16.8 Å². The number of alkyl halides is 3. The van der Waals surface area contributed by atoms with Crippen LogP contribution in [0.15, 0.2) is 30.5 Å². The van der Waals surface area contributed by atoms with Gasteiger partial charge in [-0.3, -0.25) is 9.62 Å². The molecule has 1 N–H and O–H groups in total. The number of nitrogens with zero attached hydrogens (tertiary/aromatic N) is 4. The van der Waals surface area contributed by atoms with Crippen molar-refractivity contribution >= 4 is 33.5 Å². The van der Waals surface area contributed by atoms with Crippen LogP contribution in [-0.4, -0.2) is 65.5 Å². The van der Waals surface area contributed by atoms with Crippen molar-refractivity contribution < 1.29 is 26.4 Å². The Balaban J connectivity index is 1.40. The van der Waals surface area contributed by atoms with Gasteiger partial charge < -0.3 is 4.90 Å². The molecule has 2 fully saturated rings. The monoisotopic (exact) mass is 519 g/mol. The van der Waals surface area contributed by atoms with Crippen molar-refractivity contribution in [3.63, 3.8) is 0 Å². The summed E-state index contributed by atoms with van der Waals surface area (Å²) in [7, 11) is -3.49. The average Bonchev–Trinajstić information content (AvgIpc) is 3.33. The highest BCUT2D eigenvalue weighted by Gasteiger charge is 2.44. The number of carbonyl (C=O) groups is 1. The Kier molecular flexibility index (Phi) is 6.60. The van der Waals surface area contributed by atoms with E-state index in [0.29, 0.717) is 19.6 Å². The van der Waals surface area contributed by atoms with Crippen molar-refractivity contribution in [2.75, 3.05) is 30.6 Å². The first-order chi connectivity index (χ1) is 15.9. The van der Waals surface area contributed by atoms with E-state index >= 15 is 0 Å². The molecule has 0 saturated carbocycles. The Hall–Kier alpha value is -2.31. The van der Waals surface area contributed by atoms with Crippen molar-refractivity contribution in [1.82, 2.24) is 19.6 Å². The highest BCUT2D eigenvalue weighted by atomic mass is 35.5. The Bertz CT molecular complexity index is 1180. The summed E-state index contributed by atoms with van der Waals surface area (Å²) in [6.45, 7) is 2.31. The number of benzene rings is 1. The summed E-state index contributed by atoms with van der Waals surface area (Å²) in [5.74, 6) is 0.0708. The number of hydrogen-bond acceptors (Lipinski definition) is 5. The highest BCUT2D eigenvalue weighted by Crippen LogP contribution is 2.40. The maximum atomic E-state index is 13.0. The van der Waals surface area contributed by atoms with Gasteiger partial charge >= 0.3 is 12.2 Å². The first-order valence-electron chi connectivity index (χ1n) is 10.8. The van der Waals surface area contributed by atoms with Gasteiger partial charge in [-0.25, -0.2) is 13.2 Å². The maximum absolute atomic E-state index is 13.0. The SMILES string of the molecule is CS(=O)(=O)Nc1ccn(C(=O)N2CCC3(CCCN3Cc3ccc(C(F)(F)F)c(Cl)c3)CC2)n1. The normalized spacial score (nSPS) is 19.0. The molecule has 2 aliphatic rings. The predicted octanol–water partition coefficient (Wildman–Crippen LogP) is 4.03. The summed E-state index contributed by atoms with van der Waals surface area (Å²) in [4.78, 5) is 16.8. The van der Waals surface area contributed by atoms with Crippen LogP contribution in [0.2, 0.25) is 5.02 Å². The molecule has 1 spiro atoms. The van der Waals surface area contributed by atoms with Crippen LogP contribution in [0.4, 0.5) is 23.8 Å². The predicted molar refractivity (Wildman–Crippen MR) is 121 cm³/mol. The first-order valence-corrected chi connectivity index (χ1v) is 13.1. The second-order valence-corrected chi connectivity index (χ2v) is 11.0. The van der Waals surface area contributed by atoms with Crippen LogP contribution < -0.4 is 4.72 Å². The zero-order valence-corrected chi connectivity index (χ0v) is 20.0. The average molecular weight is 520 g/mol.